The number of rotatable bonds is 6. The van der Waals surface area contributed by atoms with Crippen LogP contribution in [0.25, 0.3) is 0 Å². The molecule has 0 aliphatic carbocycles. The van der Waals surface area contributed by atoms with Gasteiger partial charge in [-0.1, -0.05) is 6.92 Å². The minimum Gasteiger partial charge on any atom is -0.492 e. The molecule has 3 nitrogen and oxygen atoms in total. The van der Waals surface area contributed by atoms with E-state index in [4.69, 9.17) is 4.74 Å². The van der Waals surface area contributed by atoms with Gasteiger partial charge in [0.2, 0.25) is 0 Å². The van der Waals surface area contributed by atoms with E-state index in [0.717, 1.165) is 5.75 Å². The highest BCUT2D eigenvalue weighted by Gasteiger charge is 2.06. The third-order valence-electron chi connectivity index (χ3n) is 1.78. The van der Waals surface area contributed by atoms with E-state index in [2.05, 4.69) is 4.98 Å². The Labute approximate surface area is 94.2 Å². The summed E-state index contributed by atoms with van der Waals surface area (Å²) in [4.78, 5) is 15.6. The SMILES string of the molecule is CCOc1cncc(C(=O)CSCC)c1. The highest BCUT2D eigenvalue weighted by Crippen LogP contribution is 2.13. The average molecular weight is 225 g/mol. The Hall–Kier alpha value is -1.03. The molecule has 0 radical (unpaired) electrons. The molecule has 0 saturated carbocycles. The molecular formula is C11H15NO2S. The van der Waals surface area contributed by atoms with Gasteiger partial charge in [-0.15, -0.1) is 0 Å². The average Bonchev–Trinajstić information content (AvgIpc) is 2.27. The maximum Gasteiger partial charge on any atom is 0.174 e. The third-order valence-corrected chi connectivity index (χ3v) is 2.66. The van der Waals surface area contributed by atoms with Crippen LogP contribution in [-0.2, 0) is 0 Å². The maximum absolute atomic E-state index is 11.6. The van der Waals surface area contributed by atoms with Gasteiger partial charge in [-0.05, 0) is 18.7 Å². The molecule has 0 atom stereocenters. The molecule has 1 rings (SSSR count). The van der Waals surface area contributed by atoms with Crippen LogP contribution >= 0.6 is 11.8 Å². The van der Waals surface area contributed by atoms with Gasteiger partial charge in [-0.25, -0.2) is 0 Å². The predicted octanol–water partition coefficient (Wildman–Crippen LogP) is 2.42. The van der Waals surface area contributed by atoms with E-state index in [1.807, 2.05) is 13.8 Å². The summed E-state index contributed by atoms with van der Waals surface area (Å²) in [6.45, 7) is 4.53. The summed E-state index contributed by atoms with van der Waals surface area (Å²) in [6, 6.07) is 1.75. The highest BCUT2D eigenvalue weighted by atomic mass is 32.2. The van der Waals surface area contributed by atoms with Crippen LogP contribution in [0.1, 0.15) is 24.2 Å². The van der Waals surface area contributed by atoms with Crippen molar-refractivity contribution in [3.05, 3.63) is 24.0 Å². The van der Waals surface area contributed by atoms with Crippen molar-refractivity contribution in [1.29, 1.82) is 0 Å². The molecule has 0 aliphatic rings. The van der Waals surface area contributed by atoms with Crippen molar-refractivity contribution in [2.45, 2.75) is 13.8 Å². The molecule has 0 aliphatic heterocycles. The number of hydrogen-bond acceptors (Lipinski definition) is 4. The first-order valence-electron chi connectivity index (χ1n) is 4.96. The number of pyridine rings is 1. The Balaban J connectivity index is 2.67. The first-order valence-corrected chi connectivity index (χ1v) is 6.12. The van der Waals surface area contributed by atoms with Crippen molar-refractivity contribution in [3.63, 3.8) is 0 Å². The Kier molecular flexibility index (Phi) is 5.18. The fraction of sp³-hybridized carbons (Fsp3) is 0.455. The normalized spacial score (nSPS) is 10.0. The van der Waals surface area contributed by atoms with E-state index in [9.17, 15) is 4.79 Å². The second kappa shape index (κ2) is 6.45. The van der Waals surface area contributed by atoms with Crippen LogP contribution < -0.4 is 4.74 Å². The topological polar surface area (TPSA) is 39.2 Å². The lowest BCUT2D eigenvalue weighted by Gasteiger charge is -2.04. The van der Waals surface area contributed by atoms with Crippen molar-refractivity contribution in [1.82, 2.24) is 4.98 Å². The fourth-order valence-electron chi connectivity index (χ4n) is 1.10. The molecule has 0 N–H and O–H groups in total. The number of ether oxygens (including phenoxy) is 1. The summed E-state index contributed by atoms with van der Waals surface area (Å²) >= 11 is 1.61. The molecule has 1 aromatic rings. The van der Waals surface area contributed by atoms with Gasteiger partial charge in [0.1, 0.15) is 5.75 Å². The van der Waals surface area contributed by atoms with E-state index in [1.165, 1.54) is 0 Å². The van der Waals surface area contributed by atoms with E-state index in [1.54, 1.807) is 30.2 Å². The quantitative estimate of drug-likeness (QED) is 0.697. The lowest BCUT2D eigenvalue weighted by molar-refractivity contribution is 0.102. The summed E-state index contributed by atoms with van der Waals surface area (Å²) in [6.07, 6.45) is 3.20. The summed E-state index contributed by atoms with van der Waals surface area (Å²) in [5.74, 6) is 2.22. The Bertz CT molecular complexity index is 328. The van der Waals surface area contributed by atoms with Crippen LogP contribution in [0.5, 0.6) is 5.75 Å². The van der Waals surface area contributed by atoms with Gasteiger partial charge in [-0.3, -0.25) is 9.78 Å². The Morgan fingerprint density at radius 1 is 1.47 bits per heavy atom. The molecule has 4 heteroatoms. The van der Waals surface area contributed by atoms with Crippen LogP contribution in [0.2, 0.25) is 0 Å². The van der Waals surface area contributed by atoms with Gasteiger partial charge < -0.3 is 4.74 Å². The number of thioether (sulfide) groups is 1. The summed E-state index contributed by atoms with van der Waals surface area (Å²) in [5, 5.41) is 0. The van der Waals surface area contributed by atoms with E-state index in [0.29, 0.717) is 23.7 Å². The molecule has 0 amide bonds. The number of carbonyl (C=O) groups excluding carboxylic acids is 1. The number of ketones is 1. The van der Waals surface area contributed by atoms with Crippen molar-refractivity contribution in [2.75, 3.05) is 18.1 Å². The number of hydrogen-bond donors (Lipinski definition) is 0. The number of Topliss-reactive ketones (excluding diaryl/α,β-unsaturated/α-hetero) is 1. The number of aromatic nitrogens is 1. The van der Waals surface area contributed by atoms with Crippen LogP contribution in [0.4, 0.5) is 0 Å². The summed E-state index contributed by atoms with van der Waals surface area (Å²) in [7, 11) is 0. The lowest BCUT2D eigenvalue weighted by atomic mass is 10.2. The van der Waals surface area contributed by atoms with E-state index >= 15 is 0 Å². The van der Waals surface area contributed by atoms with Gasteiger partial charge in [0.15, 0.2) is 5.78 Å². The molecule has 1 heterocycles. The molecule has 82 valence electrons. The first kappa shape index (κ1) is 12.0. The molecule has 0 unspecified atom stereocenters. The minimum absolute atomic E-state index is 0.107. The summed E-state index contributed by atoms with van der Waals surface area (Å²) in [5.41, 5.74) is 0.627. The molecule has 0 aromatic carbocycles. The fourth-order valence-corrected chi connectivity index (χ4v) is 1.65. The van der Waals surface area contributed by atoms with Gasteiger partial charge in [-0.2, -0.15) is 11.8 Å². The standard InChI is InChI=1S/C11H15NO2S/c1-3-14-10-5-9(6-12-7-10)11(13)8-15-4-2/h5-7H,3-4,8H2,1-2H3. The smallest absolute Gasteiger partial charge is 0.174 e. The van der Waals surface area contributed by atoms with Crippen molar-refractivity contribution < 1.29 is 9.53 Å². The van der Waals surface area contributed by atoms with Crippen molar-refractivity contribution >= 4 is 17.5 Å². The molecule has 15 heavy (non-hydrogen) atoms. The van der Waals surface area contributed by atoms with Crippen LogP contribution in [0.15, 0.2) is 18.5 Å². The van der Waals surface area contributed by atoms with E-state index < -0.39 is 0 Å². The lowest BCUT2D eigenvalue weighted by Crippen LogP contribution is -2.04. The zero-order valence-electron chi connectivity index (χ0n) is 9.03. The van der Waals surface area contributed by atoms with Gasteiger partial charge in [0.25, 0.3) is 0 Å². The van der Waals surface area contributed by atoms with Crippen molar-refractivity contribution in [3.8, 4) is 5.75 Å². The molecular weight excluding hydrogens is 210 g/mol. The zero-order chi connectivity index (χ0) is 11.1. The minimum atomic E-state index is 0.107. The summed E-state index contributed by atoms with van der Waals surface area (Å²) < 4.78 is 5.28. The van der Waals surface area contributed by atoms with Gasteiger partial charge in [0.05, 0.1) is 18.6 Å². The molecule has 1 aromatic heterocycles. The predicted molar refractivity (Wildman–Crippen MR) is 62.7 cm³/mol. The van der Waals surface area contributed by atoms with Crippen LogP contribution in [-0.4, -0.2) is 28.9 Å². The van der Waals surface area contributed by atoms with Crippen LogP contribution in [0, 0.1) is 0 Å². The van der Waals surface area contributed by atoms with E-state index in [-0.39, 0.29) is 5.78 Å². The monoisotopic (exact) mass is 225 g/mol. The zero-order valence-corrected chi connectivity index (χ0v) is 9.84. The highest BCUT2D eigenvalue weighted by molar-refractivity contribution is 7.99. The molecule has 0 bridgehead atoms. The molecule has 0 saturated heterocycles. The Morgan fingerprint density at radius 3 is 2.93 bits per heavy atom. The number of nitrogens with zero attached hydrogens (tertiary/aromatic N) is 1. The van der Waals surface area contributed by atoms with Gasteiger partial charge in [0, 0.05) is 11.8 Å². The third kappa shape index (κ3) is 3.91. The van der Waals surface area contributed by atoms with Crippen LogP contribution in [0.3, 0.4) is 0 Å². The second-order valence-corrected chi connectivity index (χ2v) is 4.18. The largest absolute Gasteiger partial charge is 0.492 e. The molecule has 0 fully saturated rings. The maximum atomic E-state index is 11.6. The Morgan fingerprint density at radius 2 is 2.27 bits per heavy atom. The molecule has 0 spiro atoms. The van der Waals surface area contributed by atoms with Gasteiger partial charge >= 0.3 is 0 Å². The van der Waals surface area contributed by atoms with Crippen molar-refractivity contribution in [2.24, 2.45) is 0 Å². The number of carbonyl (C=O) groups is 1. The first-order chi connectivity index (χ1) is 7.27. The second-order valence-electron chi connectivity index (χ2n) is 2.90.